The zero-order valence-corrected chi connectivity index (χ0v) is 13.1. The third kappa shape index (κ3) is 3.32. The number of carboxylic acids is 1. The van der Waals surface area contributed by atoms with Gasteiger partial charge in [-0.1, -0.05) is 18.2 Å². The lowest BCUT2D eigenvalue weighted by atomic mass is 10.0. The van der Waals surface area contributed by atoms with Crippen LogP contribution in [0.2, 0.25) is 0 Å². The highest BCUT2D eigenvalue weighted by atomic mass is 16.4. The minimum absolute atomic E-state index is 0.112. The third-order valence-electron chi connectivity index (χ3n) is 4.70. The van der Waals surface area contributed by atoms with Crippen LogP contribution in [-0.2, 0) is 4.79 Å². The zero-order valence-electron chi connectivity index (χ0n) is 13.1. The van der Waals surface area contributed by atoms with Crippen molar-refractivity contribution in [2.45, 2.75) is 37.8 Å². The van der Waals surface area contributed by atoms with Gasteiger partial charge in [-0.15, -0.1) is 0 Å². The van der Waals surface area contributed by atoms with Crippen molar-refractivity contribution in [3.8, 4) is 0 Å². The smallest absolute Gasteiger partial charge is 0.326 e. The number of benzene rings is 1. The number of aliphatic carboxylic acids is 1. The molecule has 2 N–H and O–H groups in total. The number of hydrogen-bond donors (Lipinski definition) is 2. The van der Waals surface area contributed by atoms with Gasteiger partial charge in [0.15, 0.2) is 0 Å². The number of likely N-dealkylation sites (tertiary alicyclic amines) is 1. The van der Waals surface area contributed by atoms with Gasteiger partial charge in [0.25, 0.3) is 0 Å². The molecule has 0 spiro atoms. The second-order valence-electron chi connectivity index (χ2n) is 6.16. The van der Waals surface area contributed by atoms with Crippen LogP contribution in [0.4, 0.5) is 10.5 Å². The summed E-state index contributed by atoms with van der Waals surface area (Å²) in [5.41, 5.74) is 0.848. The first-order valence-electron chi connectivity index (χ1n) is 8.27. The molecule has 6 nitrogen and oxygen atoms in total. The van der Waals surface area contributed by atoms with E-state index in [0.29, 0.717) is 13.0 Å². The molecule has 2 aliphatic heterocycles. The molecule has 0 aliphatic carbocycles. The summed E-state index contributed by atoms with van der Waals surface area (Å²) in [7, 11) is 0. The Hall–Kier alpha value is -2.08. The summed E-state index contributed by atoms with van der Waals surface area (Å²) < 4.78 is 0. The maximum Gasteiger partial charge on any atom is 0.326 e. The van der Waals surface area contributed by atoms with Gasteiger partial charge in [-0.3, -0.25) is 4.90 Å². The van der Waals surface area contributed by atoms with Crippen molar-refractivity contribution in [2.24, 2.45) is 0 Å². The summed E-state index contributed by atoms with van der Waals surface area (Å²) in [6.07, 6.45) is 3.05. The number of piperidine rings is 1. The molecule has 124 valence electrons. The van der Waals surface area contributed by atoms with E-state index in [1.165, 1.54) is 4.90 Å². The van der Waals surface area contributed by atoms with E-state index < -0.39 is 12.0 Å². The Balaban J connectivity index is 1.88. The number of nitrogens with zero attached hydrogens (tertiary/aromatic N) is 2. The van der Waals surface area contributed by atoms with E-state index in [1.54, 1.807) is 0 Å². The highest BCUT2D eigenvalue weighted by molar-refractivity contribution is 5.95. The Bertz CT molecular complexity index is 557. The highest BCUT2D eigenvalue weighted by Crippen LogP contribution is 2.27. The van der Waals surface area contributed by atoms with Crippen LogP contribution in [0.25, 0.3) is 0 Å². The largest absolute Gasteiger partial charge is 0.480 e. The molecule has 0 bridgehead atoms. The minimum Gasteiger partial charge on any atom is -0.480 e. The van der Waals surface area contributed by atoms with Gasteiger partial charge < -0.3 is 15.3 Å². The van der Waals surface area contributed by atoms with Crippen molar-refractivity contribution in [1.29, 1.82) is 0 Å². The molecule has 0 aromatic heterocycles. The molecule has 1 aromatic rings. The van der Waals surface area contributed by atoms with E-state index in [2.05, 4.69) is 5.32 Å². The van der Waals surface area contributed by atoms with Gasteiger partial charge in [-0.25, -0.2) is 9.59 Å². The van der Waals surface area contributed by atoms with Gasteiger partial charge >= 0.3 is 12.0 Å². The number of anilines is 1. The summed E-state index contributed by atoms with van der Waals surface area (Å²) in [6.45, 7) is 2.28. The van der Waals surface area contributed by atoms with E-state index in [9.17, 15) is 14.7 Å². The number of rotatable bonds is 3. The molecule has 0 radical (unpaired) electrons. The van der Waals surface area contributed by atoms with Gasteiger partial charge in [0.2, 0.25) is 0 Å². The first-order valence-corrected chi connectivity index (χ1v) is 8.27. The van der Waals surface area contributed by atoms with Crippen LogP contribution in [0.3, 0.4) is 0 Å². The molecule has 2 aliphatic rings. The number of hydrogen-bond acceptors (Lipinski definition) is 3. The first kappa shape index (κ1) is 15.8. The van der Waals surface area contributed by atoms with Crippen LogP contribution in [0, 0.1) is 0 Å². The summed E-state index contributed by atoms with van der Waals surface area (Å²) in [5.74, 6) is -0.908. The molecule has 1 atom stereocenters. The van der Waals surface area contributed by atoms with Gasteiger partial charge in [-0.2, -0.15) is 0 Å². The number of para-hydroxylation sites is 1. The normalized spacial score (nSPS) is 22.1. The number of carbonyl (C=O) groups excluding carboxylic acids is 1. The standard InChI is InChI=1S/C17H23N3O3/c21-16(22)15-7-4-12-19(15)17(23)20(13-5-2-1-3-6-13)14-8-10-18-11-9-14/h1-3,5-6,14-15,18H,4,7-12H2,(H,21,22)/t15-/m0/s1. The molecule has 1 aromatic carbocycles. The van der Waals surface area contributed by atoms with Gasteiger partial charge in [0.05, 0.1) is 0 Å². The maximum atomic E-state index is 13.1. The van der Waals surface area contributed by atoms with E-state index in [1.807, 2.05) is 35.2 Å². The van der Waals surface area contributed by atoms with Gasteiger partial charge in [-0.05, 0) is 50.9 Å². The predicted octanol–water partition coefficient (Wildman–Crippen LogP) is 1.91. The van der Waals surface area contributed by atoms with E-state index in [4.69, 9.17) is 0 Å². The van der Waals surface area contributed by atoms with Crippen LogP contribution in [0.15, 0.2) is 30.3 Å². The second-order valence-corrected chi connectivity index (χ2v) is 6.16. The molecular formula is C17H23N3O3. The number of amides is 2. The molecular weight excluding hydrogens is 294 g/mol. The number of urea groups is 1. The Morgan fingerprint density at radius 3 is 2.48 bits per heavy atom. The van der Waals surface area contributed by atoms with Crippen molar-refractivity contribution < 1.29 is 14.7 Å². The molecule has 0 unspecified atom stereocenters. The molecule has 23 heavy (non-hydrogen) atoms. The minimum atomic E-state index is -0.908. The van der Waals surface area contributed by atoms with Crippen LogP contribution in [0.1, 0.15) is 25.7 Å². The van der Waals surface area contributed by atoms with Gasteiger partial charge in [0.1, 0.15) is 6.04 Å². The molecule has 2 saturated heterocycles. The van der Waals surface area contributed by atoms with Crippen molar-refractivity contribution in [3.63, 3.8) is 0 Å². The number of carboxylic acid groups (broad SMARTS) is 1. The third-order valence-corrected chi connectivity index (χ3v) is 4.70. The Morgan fingerprint density at radius 1 is 1.13 bits per heavy atom. The molecule has 6 heteroatoms. The summed E-state index contributed by atoms with van der Waals surface area (Å²) in [4.78, 5) is 27.9. The Labute approximate surface area is 136 Å². The fourth-order valence-electron chi connectivity index (χ4n) is 3.52. The van der Waals surface area contributed by atoms with Crippen molar-refractivity contribution in [3.05, 3.63) is 30.3 Å². The Kier molecular flexibility index (Phi) is 4.81. The quantitative estimate of drug-likeness (QED) is 0.893. The molecule has 2 heterocycles. The molecule has 3 rings (SSSR count). The number of nitrogens with one attached hydrogen (secondary N) is 1. The SMILES string of the molecule is O=C(O)[C@@H]1CCCN1C(=O)N(c1ccccc1)C1CCNCC1. The van der Waals surface area contributed by atoms with Crippen molar-refractivity contribution in [1.82, 2.24) is 10.2 Å². The van der Waals surface area contributed by atoms with Crippen LogP contribution in [0.5, 0.6) is 0 Å². The predicted molar refractivity (Wildman–Crippen MR) is 87.6 cm³/mol. The maximum absolute atomic E-state index is 13.1. The summed E-state index contributed by atoms with van der Waals surface area (Å²) in [6, 6.07) is 8.83. The molecule has 2 fully saturated rings. The molecule has 0 saturated carbocycles. The van der Waals surface area contributed by atoms with Gasteiger partial charge in [0, 0.05) is 18.3 Å². The fraction of sp³-hybridized carbons (Fsp3) is 0.529. The summed E-state index contributed by atoms with van der Waals surface area (Å²) in [5, 5.41) is 12.7. The van der Waals surface area contributed by atoms with E-state index in [-0.39, 0.29) is 12.1 Å². The first-order chi connectivity index (χ1) is 11.2. The summed E-state index contributed by atoms with van der Waals surface area (Å²) >= 11 is 0. The number of carbonyl (C=O) groups is 2. The van der Waals surface area contributed by atoms with Crippen LogP contribution >= 0.6 is 0 Å². The van der Waals surface area contributed by atoms with Crippen molar-refractivity contribution >= 4 is 17.7 Å². The zero-order chi connectivity index (χ0) is 16.2. The van der Waals surface area contributed by atoms with Crippen molar-refractivity contribution in [2.75, 3.05) is 24.5 Å². The second kappa shape index (κ2) is 7.00. The van der Waals surface area contributed by atoms with E-state index in [0.717, 1.165) is 38.0 Å². The lowest BCUT2D eigenvalue weighted by molar-refractivity contribution is -0.141. The highest BCUT2D eigenvalue weighted by Gasteiger charge is 2.38. The average Bonchev–Trinajstić information content (AvgIpc) is 3.07. The monoisotopic (exact) mass is 317 g/mol. The van der Waals surface area contributed by atoms with Crippen LogP contribution in [-0.4, -0.2) is 53.7 Å². The topological polar surface area (TPSA) is 72.9 Å². The fourth-order valence-corrected chi connectivity index (χ4v) is 3.52. The Morgan fingerprint density at radius 2 is 1.83 bits per heavy atom. The molecule has 2 amide bonds. The lowest BCUT2D eigenvalue weighted by Crippen LogP contribution is -2.54. The van der Waals surface area contributed by atoms with Crippen LogP contribution < -0.4 is 10.2 Å². The average molecular weight is 317 g/mol. The van der Waals surface area contributed by atoms with E-state index >= 15 is 0 Å². The lowest BCUT2D eigenvalue weighted by Gasteiger charge is -2.38.